The number of hydrogen-bond acceptors (Lipinski definition) is 3. The van der Waals surface area contributed by atoms with E-state index in [-0.39, 0.29) is 17.6 Å². The number of halogens is 1. The zero-order valence-corrected chi connectivity index (χ0v) is 16.4. The van der Waals surface area contributed by atoms with E-state index in [1.54, 1.807) is 42.5 Å². The predicted molar refractivity (Wildman–Crippen MR) is 111 cm³/mol. The summed E-state index contributed by atoms with van der Waals surface area (Å²) < 4.78 is 15.1. The average Bonchev–Trinajstić information content (AvgIpc) is 2.98. The molecule has 0 bridgehead atoms. The number of aromatic nitrogens is 1. The van der Waals surface area contributed by atoms with E-state index in [0.717, 1.165) is 22.6 Å². The summed E-state index contributed by atoms with van der Waals surface area (Å²) in [6, 6.07) is 14.9. The van der Waals surface area contributed by atoms with E-state index >= 15 is 0 Å². The van der Waals surface area contributed by atoms with Gasteiger partial charge in [-0.3, -0.25) is 9.59 Å². The molecule has 3 aromatic rings. The van der Waals surface area contributed by atoms with Gasteiger partial charge in [0.15, 0.2) is 0 Å². The Hall–Kier alpha value is -3.74. The first-order chi connectivity index (χ1) is 13.8. The molecule has 0 unspecified atom stereocenters. The molecule has 0 fully saturated rings. The maximum Gasteiger partial charge on any atom is 0.273 e. The van der Waals surface area contributed by atoms with E-state index in [4.69, 9.17) is 0 Å². The number of rotatable bonds is 5. The first-order valence-corrected chi connectivity index (χ1v) is 9.01. The largest absolute Gasteiger partial charge is 0.326 e. The van der Waals surface area contributed by atoms with Crippen LogP contribution in [0, 0.1) is 19.7 Å². The standard InChI is InChI=1S/C22H21FN4O2/c1-14-12-21(15(2)27(14)20-10-6-18(23)7-11-20)22(29)26-24-13-17-4-8-19(9-5-17)25-16(3)28/h4-13H,1-3H3,(H,25,28)(H,26,29)/b24-13+. The lowest BCUT2D eigenvalue weighted by atomic mass is 10.2. The maximum absolute atomic E-state index is 13.2. The maximum atomic E-state index is 13.2. The highest BCUT2D eigenvalue weighted by molar-refractivity contribution is 5.96. The molecule has 2 aromatic carbocycles. The van der Waals surface area contributed by atoms with Gasteiger partial charge in [-0.25, -0.2) is 9.82 Å². The lowest BCUT2D eigenvalue weighted by Crippen LogP contribution is -2.18. The Kier molecular flexibility index (Phi) is 5.87. The first-order valence-electron chi connectivity index (χ1n) is 9.01. The molecule has 0 spiro atoms. The van der Waals surface area contributed by atoms with Gasteiger partial charge in [0.1, 0.15) is 5.82 Å². The van der Waals surface area contributed by atoms with E-state index < -0.39 is 0 Å². The molecular weight excluding hydrogens is 371 g/mol. The van der Waals surface area contributed by atoms with Gasteiger partial charge in [0.2, 0.25) is 5.91 Å². The fraction of sp³-hybridized carbons (Fsp3) is 0.136. The molecule has 0 aliphatic heterocycles. The van der Waals surface area contributed by atoms with Crippen LogP contribution >= 0.6 is 0 Å². The van der Waals surface area contributed by atoms with Crippen molar-refractivity contribution in [2.75, 3.05) is 5.32 Å². The van der Waals surface area contributed by atoms with Crippen LogP contribution in [0.1, 0.15) is 34.2 Å². The van der Waals surface area contributed by atoms with Crippen molar-refractivity contribution in [1.82, 2.24) is 9.99 Å². The number of carbonyl (C=O) groups excluding carboxylic acids is 2. The highest BCUT2D eigenvalue weighted by atomic mass is 19.1. The Balaban J connectivity index is 1.71. The van der Waals surface area contributed by atoms with Crippen molar-refractivity contribution in [2.45, 2.75) is 20.8 Å². The molecule has 7 heteroatoms. The lowest BCUT2D eigenvalue weighted by Gasteiger charge is -2.09. The smallest absolute Gasteiger partial charge is 0.273 e. The normalized spacial score (nSPS) is 10.9. The third-order valence-corrected chi connectivity index (χ3v) is 4.37. The Morgan fingerprint density at radius 3 is 2.31 bits per heavy atom. The summed E-state index contributed by atoms with van der Waals surface area (Å²) in [7, 11) is 0. The van der Waals surface area contributed by atoms with E-state index in [9.17, 15) is 14.0 Å². The monoisotopic (exact) mass is 392 g/mol. The number of aryl methyl sites for hydroxylation is 1. The molecule has 2 amide bonds. The molecule has 3 rings (SSSR count). The van der Waals surface area contributed by atoms with E-state index in [0.29, 0.717) is 11.3 Å². The summed E-state index contributed by atoms with van der Waals surface area (Å²) in [4.78, 5) is 23.6. The average molecular weight is 392 g/mol. The highest BCUT2D eigenvalue weighted by Gasteiger charge is 2.16. The molecule has 1 heterocycles. The van der Waals surface area contributed by atoms with E-state index in [1.807, 2.05) is 18.4 Å². The quantitative estimate of drug-likeness (QED) is 0.509. The highest BCUT2D eigenvalue weighted by Crippen LogP contribution is 2.21. The summed E-state index contributed by atoms with van der Waals surface area (Å²) in [5, 5.41) is 6.68. The van der Waals surface area contributed by atoms with Crippen LogP contribution in [0.15, 0.2) is 59.7 Å². The second kappa shape index (κ2) is 8.52. The van der Waals surface area contributed by atoms with Crippen LogP contribution in [0.2, 0.25) is 0 Å². The van der Waals surface area contributed by atoms with Gasteiger partial charge in [-0.2, -0.15) is 5.10 Å². The predicted octanol–water partition coefficient (Wildman–Crippen LogP) is 3.96. The minimum absolute atomic E-state index is 0.142. The Morgan fingerprint density at radius 1 is 1.03 bits per heavy atom. The van der Waals surface area contributed by atoms with Gasteiger partial charge in [-0.1, -0.05) is 12.1 Å². The molecule has 2 N–H and O–H groups in total. The minimum Gasteiger partial charge on any atom is -0.326 e. The van der Waals surface area contributed by atoms with Gasteiger partial charge in [-0.15, -0.1) is 0 Å². The van der Waals surface area contributed by atoms with Crippen molar-refractivity contribution >= 4 is 23.7 Å². The molecule has 0 saturated heterocycles. The van der Waals surface area contributed by atoms with E-state index in [1.165, 1.54) is 25.3 Å². The minimum atomic E-state index is -0.336. The van der Waals surface area contributed by atoms with Crippen LogP contribution in [0.3, 0.4) is 0 Å². The molecule has 0 aliphatic carbocycles. The van der Waals surface area contributed by atoms with Gasteiger partial charge < -0.3 is 9.88 Å². The summed E-state index contributed by atoms with van der Waals surface area (Å²) in [5.41, 5.74) is 6.85. The molecule has 0 aliphatic rings. The zero-order valence-electron chi connectivity index (χ0n) is 16.4. The van der Waals surface area contributed by atoms with Crippen molar-refractivity contribution in [1.29, 1.82) is 0 Å². The Morgan fingerprint density at radius 2 is 1.69 bits per heavy atom. The van der Waals surface area contributed by atoms with Crippen LogP contribution in [-0.2, 0) is 4.79 Å². The summed E-state index contributed by atoms with van der Waals surface area (Å²) in [6.45, 7) is 5.15. The van der Waals surface area contributed by atoms with Crippen LogP contribution in [0.4, 0.5) is 10.1 Å². The molecule has 148 valence electrons. The molecule has 1 aromatic heterocycles. The second-order valence-corrected chi connectivity index (χ2v) is 6.60. The molecule has 0 radical (unpaired) electrons. The number of hydrogen-bond donors (Lipinski definition) is 2. The number of benzene rings is 2. The van der Waals surface area contributed by atoms with Crippen molar-refractivity contribution in [2.24, 2.45) is 5.10 Å². The fourth-order valence-corrected chi connectivity index (χ4v) is 3.06. The Bertz CT molecular complexity index is 1070. The van der Waals surface area contributed by atoms with Crippen LogP contribution in [-0.4, -0.2) is 22.6 Å². The molecular formula is C22H21FN4O2. The van der Waals surface area contributed by atoms with Crippen molar-refractivity contribution < 1.29 is 14.0 Å². The van der Waals surface area contributed by atoms with Crippen LogP contribution in [0.25, 0.3) is 5.69 Å². The molecule has 29 heavy (non-hydrogen) atoms. The molecule has 0 saturated carbocycles. The Labute approximate surface area is 168 Å². The van der Waals surface area contributed by atoms with Gasteiger partial charge >= 0.3 is 0 Å². The number of amides is 2. The molecule has 0 atom stereocenters. The topological polar surface area (TPSA) is 75.5 Å². The van der Waals surface area contributed by atoms with Gasteiger partial charge in [0, 0.05) is 29.7 Å². The third-order valence-electron chi connectivity index (χ3n) is 4.37. The number of nitrogens with one attached hydrogen (secondary N) is 2. The summed E-state index contributed by atoms with van der Waals surface area (Å²) >= 11 is 0. The zero-order chi connectivity index (χ0) is 21.0. The van der Waals surface area contributed by atoms with Crippen molar-refractivity contribution in [3.8, 4) is 5.69 Å². The second-order valence-electron chi connectivity index (χ2n) is 6.60. The molecule has 6 nitrogen and oxygen atoms in total. The summed E-state index contributed by atoms with van der Waals surface area (Å²) in [5.74, 6) is -0.789. The third kappa shape index (κ3) is 4.76. The lowest BCUT2D eigenvalue weighted by molar-refractivity contribution is -0.114. The first kappa shape index (κ1) is 20.0. The van der Waals surface area contributed by atoms with Crippen molar-refractivity contribution in [3.63, 3.8) is 0 Å². The number of carbonyl (C=O) groups is 2. The number of nitrogens with zero attached hydrogens (tertiary/aromatic N) is 2. The van der Waals surface area contributed by atoms with Gasteiger partial charge in [-0.05, 0) is 61.9 Å². The van der Waals surface area contributed by atoms with Gasteiger partial charge in [0.25, 0.3) is 5.91 Å². The number of hydrazone groups is 1. The van der Waals surface area contributed by atoms with Gasteiger partial charge in [0.05, 0.1) is 11.8 Å². The van der Waals surface area contributed by atoms with Crippen LogP contribution in [0.5, 0.6) is 0 Å². The fourth-order valence-electron chi connectivity index (χ4n) is 3.06. The van der Waals surface area contributed by atoms with Crippen LogP contribution < -0.4 is 10.7 Å². The SMILES string of the molecule is CC(=O)Nc1ccc(/C=N/NC(=O)c2cc(C)n(-c3ccc(F)cc3)c2C)cc1. The van der Waals surface area contributed by atoms with E-state index in [2.05, 4.69) is 15.8 Å². The van der Waals surface area contributed by atoms with Crippen molar-refractivity contribution in [3.05, 3.63) is 82.9 Å². The number of anilines is 1. The summed E-state index contributed by atoms with van der Waals surface area (Å²) in [6.07, 6.45) is 1.52.